The van der Waals surface area contributed by atoms with Gasteiger partial charge in [-0.1, -0.05) is 91.0 Å². The van der Waals surface area contributed by atoms with Gasteiger partial charge in [0.2, 0.25) is 0 Å². The maximum Gasteiger partial charge on any atom is 0.303 e. The summed E-state index contributed by atoms with van der Waals surface area (Å²) in [6.45, 7) is 1.85. The van der Waals surface area contributed by atoms with Crippen molar-refractivity contribution in [3.63, 3.8) is 0 Å². The normalized spacial score (nSPS) is 25.9. The van der Waals surface area contributed by atoms with Crippen LogP contribution in [0.2, 0.25) is 0 Å². The van der Waals surface area contributed by atoms with E-state index in [1.54, 1.807) is 0 Å². The minimum absolute atomic E-state index is 0.196. The summed E-state index contributed by atoms with van der Waals surface area (Å²) < 4.78 is 23.9. The molecule has 0 aliphatic heterocycles. The molecule has 0 saturated heterocycles. The zero-order valence-electron chi connectivity index (χ0n) is 20.2. The van der Waals surface area contributed by atoms with Crippen molar-refractivity contribution in [2.24, 2.45) is 0 Å². The van der Waals surface area contributed by atoms with Crippen molar-refractivity contribution >= 4 is 5.97 Å². The number of carbonyl (C=O) groups excluding carboxylic acids is 1. The summed E-state index contributed by atoms with van der Waals surface area (Å²) in [5, 5.41) is 22.4. The lowest BCUT2D eigenvalue weighted by Crippen LogP contribution is -2.66. The standard InChI is InChI=1S/C29H32O7/c1-20(30)36-26-24(31)27(33-17-21-11-5-2-6-12-21)29(35-19-23-15-9-4-10-16-23)28(25(26)32)34-18-22-13-7-3-8-14-22/h2-16,24-29,31-32H,17-19H2,1H3/t24-,25-,26?,27-,28-,29?/m0/s1. The Morgan fingerprint density at radius 2 is 0.917 bits per heavy atom. The Morgan fingerprint density at radius 1 is 0.583 bits per heavy atom. The smallest absolute Gasteiger partial charge is 0.303 e. The highest BCUT2D eigenvalue weighted by atomic mass is 16.6. The van der Waals surface area contributed by atoms with E-state index in [2.05, 4.69) is 0 Å². The van der Waals surface area contributed by atoms with Crippen LogP contribution in [-0.4, -0.2) is 52.8 Å². The van der Waals surface area contributed by atoms with Gasteiger partial charge in [-0.05, 0) is 16.7 Å². The van der Waals surface area contributed by atoms with E-state index < -0.39 is 42.6 Å². The predicted molar refractivity (Wildman–Crippen MR) is 133 cm³/mol. The quantitative estimate of drug-likeness (QED) is 0.419. The largest absolute Gasteiger partial charge is 0.457 e. The van der Waals surface area contributed by atoms with Crippen LogP contribution >= 0.6 is 0 Å². The molecule has 0 spiro atoms. The molecule has 0 radical (unpaired) electrons. The zero-order chi connectivity index (χ0) is 25.3. The van der Waals surface area contributed by atoms with E-state index in [0.717, 1.165) is 16.7 Å². The van der Waals surface area contributed by atoms with Gasteiger partial charge in [0.05, 0.1) is 19.8 Å². The molecular formula is C29H32O7. The lowest BCUT2D eigenvalue weighted by atomic mass is 9.84. The van der Waals surface area contributed by atoms with Gasteiger partial charge in [-0.15, -0.1) is 0 Å². The van der Waals surface area contributed by atoms with Gasteiger partial charge in [0, 0.05) is 6.92 Å². The van der Waals surface area contributed by atoms with Gasteiger partial charge in [-0.25, -0.2) is 0 Å². The van der Waals surface area contributed by atoms with Gasteiger partial charge in [-0.3, -0.25) is 4.79 Å². The summed E-state index contributed by atoms with van der Waals surface area (Å²) in [5.41, 5.74) is 2.74. The van der Waals surface area contributed by atoms with Crippen molar-refractivity contribution in [3.05, 3.63) is 108 Å². The molecule has 1 saturated carbocycles. The fourth-order valence-corrected chi connectivity index (χ4v) is 4.36. The van der Waals surface area contributed by atoms with E-state index in [9.17, 15) is 15.0 Å². The molecule has 4 atom stereocenters. The van der Waals surface area contributed by atoms with Gasteiger partial charge in [0.15, 0.2) is 6.10 Å². The van der Waals surface area contributed by atoms with Crippen molar-refractivity contribution in [2.75, 3.05) is 0 Å². The van der Waals surface area contributed by atoms with Gasteiger partial charge < -0.3 is 29.2 Å². The molecule has 36 heavy (non-hydrogen) atoms. The number of hydrogen-bond acceptors (Lipinski definition) is 7. The lowest BCUT2D eigenvalue weighted by Gasteiger charge is -2.46. The number of aliphatic hydroxyl groups is 2. The van der Waals surface area contributed by atoms with Gasteiger partial charge in [0.1, 0.15) is 30.5 Å². The van der Waals surface area contributed by atoms with Crippen LogP contribution in [0.4, 0.5) is 0 Å². The third-order valence-electron chi connectivity index (χ3n) is 6.15. The van der Waals surface area contributed by atoms with Crippen molar-refractivity contribution in [2.45, 2.75) is 63.4 Å². The molecular weight excluding hydrogens is 460 g/mol. The van der Waals surface area contributed by atoms with Crippen LogP contribution in [0.3, 0.4) is 0 Å². The Bertz CT molecular complexity index is 1000. The topological polar surface area (TPSA) is 94.5 Å². The number of hydrogen-bond donors (Lipinski definition) is 2. The molecule has 0 aromatic heterocycles. The SMILES string of the molecule is CC(=O)OC1[C@H](O)[C@H](OCc2ccccc2)C(OCc2ccccc2)[C@@H](OCc2ccccc2)[C@H]1O. The van der Waals surface area contributed by atoms with Crippen molar-refractivity contribution < 1.29 is 34.0 Å². The minimum Gasteiger partial charge on any atom is -0.457 e. The van der Waals surface area contributed by atoms with Crippen LogP contribution in [0.25, 0.3) is 0 Å². The van der Waals surface area contributed by atoms with Crippen LogP contribution in [-0.2, 0) is 43.6 Å². The molecule has 0 amide bonds. The van der Waals surface area contributed by atoms with Crippen molar-refractivity contribution in [3.8, 4) is 0 Å². The highest BCUT2D eigenvalue weighted by molar-refractivity contribution is 5.66. The first-order valence-corrected chi connectivity index (χ1v) is 12.0. The molecule has 1 fully saturated rings. The second-order valence-electron chi connectivity index (χ2n) is 8.84. The summed E-state index contributed by atoms with van der Waals surface area (Å²) in [4.78, 5) is 11.8. The Morgan fingerprint density at radius 3 is 1.25 bits per heavy atom. The van der Waals surface area contributed by atoms with Crippen LogP contribution in [0.1, 0.15) is 23.6 Å². The van der Waals surface area contributed by atoms with Crippen LogP contribution in [0.15, 0.2) is 91.0 Å². The Balaban J connectivity index is 1.60. The summed E-state index contributed by atoms with van der Waals surface area (Å²) >= 11 is 0. The Labute approximate surface area is 211 Å². The maximum atomic E-state index is 11.8. The van der Waals surface area contributed by atoms with E-state index in [0.29, 0.717) is 0 Å². The first kappa shape index (κ1) is 26.0. The van der Waals surface area contributed by atoms with Gasteiger partial charge in [-0.2, -0.15) is 0 Å². The molecule has 1 aliphatic rings. The second-order valence-corrected chi connectivity index (χ2v) is 8.84. The van der Waals surface area contributed by atoms with Crippen LogP contribution < -0.4 is 0 Å². The summed E-state index contributed by atoms with van der Waals surface area (Å²) in [6, 6.07) is 28.7. The Kier molecular flexibility index (Phi) is 9.22. The van der Waals surface area contributed by atoms with E-state index in [1.807, 2.05) is 91.0 Å². The number of carbonyl (C=O) groups is 1. The second kappa shape index (κ2) is 12.8. The first-order chi connectivity index (χ1) is 17.5. The fraction of sp³-hybridized carbons (Fsp3) is 0.345. The third kappa shape index (κ3) is 6.78. The molecule has 3 aromatic carbocycles. The highest BCUT2D eigenvalue weighted by Crippen LogP contribution is 2.32. The molecule has 7 heteroatoms. The summed E-state index contributed by atoms with van der Waals surface area (Å²) in [5.74, 6) is -0.620. The number of benzene rings is 3. The van der Waals surface area contributed by atoms with Crippen molar-refractivity contribution in [1.82, 2.24) is 0 Å². The number of ether oxygens (including phenoxy) is 4. The average molecular weight is 493 g/mol. The molecule has 0 bridgehead atoms. The molecule has 4 rings (SSSR count). The molecule has 7 nitrogen and oxygen atoms in total. The first-order valence-electron chi connectivity index (χ1n) is 12.0. The summed E-state index contributed by atoms with van der Waals surface area (Å²) in [6.07, 6.45) is -6.59. The predicted octanol–water partition coefficient (Wildman–Crippen LogP) is 3.41. The maximum absolute atomic E-state index is 11.8. The molecule has 3 aromatic rings. The van der Waals surface area contributed by atoms with Gasteiger partial charge >= 0.3 is 5.97 Å². The molecule has 0 heterocycles. The van der Waals surface area contributed by atoms with E-state index in [-0.39, 0.29) is 19.8 Å². The fourth-order valence-electron chi connectivity index (χ4n) is 4.36. The minimum atomic E-state index is -1.33. The number of esters is 1. The molecule has 190 valence electrons. The van der Waals surface area contributed by atoms with E-state index in [4.69, 9.17) is 18.9 Å². The molecule has 1 aliphatic carbocycles. The highest BCUT2D eigenvalue weighted by Gasteiger charge is 2.53. The van der Waals surface area contributed by atoms with Crippen molar-refractivity contribution in [1.29, 1.82) is 0 Å². The third-order valence-corrected chi connectivity index (χ3v) is 6.15. The van der Waals surface area contributed by atoms with Crippen LogP contribution in [0.5, 0.6) is 0 Å². The lowest BCUT2D eigenvalue weighted by molar-refractivity contribution is -0.267. The van der Waals surface area contributed by atoms with E-state index >= 15 is 0 Å². The average Bonchev–Trinajstić information content (AvgIpc) is 2.90. The molecule has 0 unspecified atom stereocenters. The number of rotatable bonds is 10. The van der Waals surface area contributed by atoms with Crippen LogP contribution in [0, 0.1) is 0 Å². The number of aliphatic hydroxyl groups excluding tert-OH is 2. The monoisotopic (exact) mass is 492 g/mol. The molecule has 2 N–H and O–H groups in total. The Hall–Kier alpha value is -3.07. The zero-order valence-corrected chi connectivity index (χ0v) is 20.2. The summed E-state index contributed by atoms with van der Waals surface area (Å²) in [7, 11) is 0. The van der Waals surface area contributed by atoms with Gasteiger partial charge in [0.25, 0.3) is 0 Å². The van der Waals surface area contributed by atoms with E-state index in [1.165, 1.54) is 6.92 Å².